The Morgan fingerprint density at radius 3 is 2.35 bits per heavy atom. The summed E-state index contributed by atoms with van der Waals surface area (Å²) in [5.41, 5.74) is 1.79. The first-order valence-corrected chi connectivity index (χ1v) is 9.50. The third kappa shape index (κ3) is 2.41. The lowest BCUT2D eigenvalue weighted by Gasteiger charge is -2.15. The molecule has 0 atom stereocenters. The summed E-state index contributed by atoms with van der Waals surface area (Å²) in [7, 11) is 4.33. The molecule has 1 aliphatic carbocycles. The average molecular weight is 415 g/mol. The first-order chi connectivity index (χ1) is 14.8. The number of pyridine rings is 1. The van der Waals surface area contributed by atoms with Crippen molar-refractivity contribution in [3.05, 3.63) is 74.4 Å². The standard InChI is InChI=1S/C23H17N3O5/c1-25-21-18(22(29)26(2)23(25)30)16(11-8-9-14(27)15(10-11)31-3)17-19(24-21)12-6-4-5-7-13(12)20(17)28/h4-10,27H,1-3H3. The van der Waals surface area contributed by atoms with Gasteiger partial charge in [-0.15, -0.1) is 0 Å². The Hall–Kier alpha value is -4.20. The zero-order valence-electron chi connectivity index (χ0n) is 17.0. The van der Waals surface area contributed by atoms with Crippen LogP contribution < -0.4 is 16.0 Å². The van der Waals surface area contributed by atoms with Crippen LogP contribution in [0.5, 0.6) is 11.5 Å². The number of ether oxygens (including phenoxy) is 1. The van der Waals surface area contributed by atoms with Crippen molar-refractivity contribution in [3.8, 4) is 33.9 Å². The summed E-state index contributed by atoms with van der Waals surface area (Å²) in [6, 6.07) is 11.7. The van der Waals surface area contributed by atoms with E-state index in [1.807, 2.05) is 0 Å². The second-order valence-electron chi connectivity index (χ2n) is 7.38. The molecule has 0 saturated carbocycles. The molecule has 0 bridgehead atoms. The molecule has 0 aliphatic heterocycles. The molecule has 0 unspecified atom stereocenters. The van der Waals surface area contributed by atoms with E-state index in [-0.39, 0.29) is 33.9 Å². The molecule has 2 aromatic heterocycles. The third-order valence-electron chi connectivity index (χ3n) is 5.71. The largest absolute Gasteiger partial charge is 0.504 e. The van der Waals surface area contributed by atoms with Crippen molar-refractivity contribution in [1.29, 1.82) is 0 Å². The monoisotopic (exact) mass is 415 g/mol. The zero-order chi connectivity index (χ0) is 22.0. The molecule has 8 heteroatoms. The van der Waals surface area contributed by atoms with E-state index >= 15 is 0 Å². The predicted molar refractivity (Wildman–Crippen MR) is 115 cm³/mol. The highest BCUT2D eigenvalue weighted by Crippen LogP contribution is 2.44. The molecule has 1 aliphatic rings. The fourth-order valence-corrected chi connectivity index (χ4v) is 4.15. The van der Waals surface area contributed by atoms with Gasteiger partial charge in [-0.3, -0.25) is 18.7 Å². The van der Waals surface area contributed by atoms with E-state index in [4.69, 9.17) is 4.74 Å². The maximum atomic E-state index is 13.4. The summed E-state index contributed by atoms with van der Waals surface area (Å²) in [5, 5.41) is 10.2. The lowest BCUT2D eigenvalue weighted by molar-refractivity contribution is 0.104. The van der Waals surface area contributed by atoms with Gasteiger partial charge in [0.25, 0.3) is 5.56 Å². The summed E-state index contributed by atoms with van der Waals surface area (Å²) in [5.74, 6) is -0.130. The van der Waals surface area contributed by atoms with E-state index in [9.17, 15) is 19.5 Å². The van der Waals surface area contributed by atoms with Crippen LogP contribution in [0.4, 0.5) is 0 Å². The van der Waals surface area contributed by atoms with Crippen LogP contribution in [-0.4, -0.2) is 32.1 Å². The molecular formula is C23H17N3O5. The number of aromatic hydroxyl groups is 1. The molecule has 31 heavy (non-hydrogen) atoms. The van der Waals surface area contributed by atoms with Crippen LogP contribution in [0.2, 0.25) is 0 Å². The van der Waals surface area contributed by atoms with Crippen molar-refractivity contribution >= 4 is 16.8 Å². The fraction of sp³-hybridized carbons (Fsp3) is 0.130. The maximum Gasteiger partial charge on any atom is 0.332 e. The Morgan fingerprint density at radius 1 is 0.935 bits per heavy atom. The van der Waals surface area contributed by atoms with Gasteiger partial charge in [0.15, 0.2) is 22.9 Å². The second-order valence-corrected chi connectivity index (χ2v) is 7.38. The summed E-state index contributed by atoms with van der Waals surface area (Å²) in [4.78, 5) is 43.8. The lowest BCUT2D eigenvalue weighted by Crippen LogP contribution is -2.37. The van der Waals surface area contributed by atoms with E-state index in [2.05, 4.69) is 4.98 Å². The molecule has 0 fully saturated rings. The van der Waals surface area contributed by atoms with Gasteiger partial charge in [0, 0.05) is 30.8 Å². The fourth-order valence-electron chi connectivity index (χ4n) is 4.15. The Labute approximate surface area is 175 Å². The molecule has 0 radical (unpaired) electrons. The van der Waals surface area contributed by atoms with Gasteiger partial charge in [0.1, 0.15) is 0 Å². The number of hydrogen-bond acceptors (Lipinski definition) is 6. The molecule has 5 rings (SSSR count). The molecule has 2 aromatic carbocycles. The zero-order valence-corrected chi connectivity index (χ0v) is 17.0. The van der Waals surface area contributed by atoms with E-state index in [0.29, 0.717) is 27.9 Å². The number of aromatic nitrogens is 3. The minimum Gasteiger partial charge on any atom is -0.504 e. The molecule has 8 nitrogen and oxygen atoms in total. The number of carbonyl (C=O) groups excluding carboxylic acids is 1. The van der Waals surface area contributed by atoms with Crippen LogP contribution in [0.1, 0.15) is 15.9 Å². The number of methoxy groups -OCH3 is 1. The first kappa shape index (κ1) is 18.8. The van der Waals surface area contributed by atoms with Crippen molar-refractivity contribution in [1.82, 2.24) is 14.1 Å². The second kappa shape index (κ2) is 6.40. The normalized spacial score (nSPS) is 12.2. The predicted octanol–water partition coefficient (Wildman–Crippen LogP) is 2.22. The van der Waals surface area contributed by atoms with Crippen molar-refractivity contribution in [2.24, 2.45) is 14.1 Å². The van der Waals surface area contributed by atoms with E-state index in [0.717, 1.165) is 4.57 Å². The first-order valence-electron chi connectivity index (χ1n) is 9.50. The Bertz CT molecular complexity index is 1560. The topological polar surface area (TPSA) is 103 Å². The van der Waals surface area contributed by atoms with Crippen LogP contribution in [-0.2, 0) is 14.1 Å². The number of nitrogens with zero attached hydrogens (tertiary/aromatic N) is 3. The smallest absolute Gasteiger partial charge is 0.332 e. The minimum atomic E-state index is -0.556. The molecular weight excluding hydrogens is 398 g/mol. The van der Waals surface area contributed by atoms with Crippen LogP contribution in [0.25, 0.3) is 33.4 Å². The Morgan fingerprint density at radius 2 is 1.65 bits per heavy atom. The Kier molecular flexibility index (Phi) is 3.88. The molecule has 0 saturated heterocycles. The number of rotatable bonds is 2. The Balaban J connectivity index is 2.05. The van der Waals surface area contributed by atoms with Crippen LogP contribution >= 0.6 is 0 Å². The van der Waals surface area contributed by atoms with Crippen molar-refractivity contribution in [3.63, 3.8) is 0 Å². The molecule has 4 aromatic rings. The average Bonchev–Trinajstić information content (AvgIpc) is 3.07. The highest BCUT2D eigenvalue weighted by atomic mass is 16.5. The van der Waals surface area contributed by atoms with Gasteiger partial charge in [-0.1, -0.05) is 30.3 Å². The molecule has 2 heterocycles. The number of benzene rings is 2. The number of fused-ring (bicyclic) bond motifs is 4. The number of ketones is 1. The summed E-state index contributed by atoms with van der Waals surface area (Å²) in [6.07, 6.45) is 0. The summed E-state index contributed by atoms with van der Waals surface area (Å²) < 4.78 is 7.52. The van der Waals surface area contributed by atoms with E-state index in [1.165, 1.54) is 31.8 Å². The van der Waals surface area contributed by atoms with E-state index < -0.39 is 11.2 Å². The van der Waals surface area contributed by atoms with Crippen molar-refractivity contribution in [2.45, 2.75) is 0 Å². The minimum absolute atomic E-state index is 0.0730. The number of phenolic OH excluding ortho intramolecular Hbond substituents is 1. The quantitative estimate of drug-likeness (QED) is 0.474. The van der Waals surface area contributed by atoms with Gasteiger partial charge < -0.3 is 9.84 Å². The van der Waals surface area contributed by atoms with Gasteiger partial charge in [0.2, 0.25) is 0 Å². The van der Waals surface area contributed by atoms with Crippen LogP contribution in [0.15, 0.2) is 52.1 Å². The highest BCUT2D eigenvalue weighted by Gasteiger charge is 2.34. The highest BCUT2D eigenvalue weighted by molar-refractivity contribution is 6.26. The molecule has 1 N–H and O–H groups in total. The van der Waals surface area contributed by atoms with Gasteiger partial charge in [-0.05, 0) is 17.7 Å². The number of aryl methyl sites for hydroxylation is 1. The summed E-state index contributed by atoms with van der Waals surface area (Å²) in [6.45, 7) is 0. The van der Waals surface area contributed by atoms with E-state index in [1.54, 1.807) is 36.4 Å². The molecule has 154 valence electrons. The number of phenols is 1. The van der Waals surface area contributed by atoms with Crippen LogP contribution in [0, 0.1) is 0 Å². The SMILES string of the molecule is COc1cc(-c2c3c(nc4c2c(=O)n(C)c(=O)n4C)-c2ccccc2C3=O)ccc1O. The van der Waals surface area contributed by atoms with Crippen molar-refractivity contribution in [2.75, 3.05) is 7.11 Å². The number of carbonyl (C=O) groups is 1. The van der Waals surface area contributed by atoms with Gasteiger partial charge >= 0.3 is 5.69 Å². The van der Waals surface area contributed by atoms with Gasteiger partial charge in [-0.2, -0.15) is 0 Å². The van der Waals surface area contributed by atoms with Crippen molar-refractivity contribution < 1.29 is 14.6 Å². The maximum absolute atomic E-state index is 13.4. The number of hydrogen-bond donors (Lipinski definition) is 1. The lowest BCUT2D eigenvalue weighted by atomic mass is 9.94. The van der Waals surface area contributed by atoms with Gasteiger partial charge in [-0.25, -0.2) is 9.78 Å². The third-order valence-corrected chi connectivity index (χ3v) is 5.71. The molecule has 0 spiro atoms. The van der Waals surface area contributed by atoms with Crippen LogP contribution in [0.3, 0.4) is 0 Å². The molecule has 0 amide bonds. The van der Waals surface area contributed by atoms with Gasteiger partial charge in [0.05, 0.1) is 23.8 Å². The summed E-state index contributed by atoms with van der Waals surface area (Å²) >= 11 is 0.